The van der Waals surface area contributed by atoms with E-state index in [1.165, 1.54) is 64.2 Å². The summed E-state index contributed by atoms with van der Waals surface area (Å²) in [6.07, 6.45) is 53.5. The highest BCUT2D eigenvalue weighted by Crippen LogP contribution is 2.14. The average Bonchev–Trinajstić information content (AvgIpc) is 3.21. The fourth-order valence-corrected chi connectivity index (χ4v) is 6.69. The number of carbonyl (C=O) groups excluding carboxylic acids is 3. The smallest absolute Gasteiger partial charge is 0.306 e. The van der Waals surface area contributed by atoms with Crippen molar-refractivity contribution in [3.63, 3.8) is 0 Å². The molecule has 0 radical (unpaired) electrons. The van der Waals surface area contributed by atoms with E-state index in [-0.39, 0.29) is 42.7 Å². The summed E-state index contributed by atoms with van der Waals surface area (Å²) in [4.78, 5) is 37.0. The number of unbranched alkanes of at least 4 members (excludes halogenated alkanes) is 16. The van der Waals surface area contributed by atoms with Gasteiger partial charge in [0.05, 0.1) is 40.3 Å². The Hall–Kier alpha value is -3.23. The summed E-state index contributed by atoms with van der Waals surface area (Å²) in [5.74, 6) is -1.76. The molecule has 0 spiro atoms. The number of esters is 2. The van der Waals surface area contributed by atoms with Crippen molar-refractivity contribution in [2.45, 2.75) is 199 Å². The second kappa shape index (κ2) is 42.5. The number of hydrogen-bond acceptors (Lipinski definition) is 7. The number of aliphatic carboxylic acids is 1. The van der Waals surface area contributed by atoms with Crippen LogP contribution in [0.4, 0.5) is 0 Å². The molecule has 0 fully saturated rings. The van der Waals surface area contributed by atoms with E-state index in [0.29, 0.717) is 12.8 Å². The lowest BCUT2D eigenvalue weighted by atomic mass is 10.1. The Morgan fingerprint density at radius 1 is 0.500 bits per heavy atom. The first-order chi connectivity index (χ1) is 29.1. The molecule has 0 saturated heterocycles. The molecule has 0 aromatic heterocycles. The van der Waals surface area contributed by atoms with Gasteiger partial charge in [-0.2, -0.15) is 0 Å². The zero-order valence-electron chi connectivity index (χ0n) is 39.1. The number of carbonyl (C=O) groups is 3. The van der Waals surface area contributed by atoms with Crippen LogP contribution in [0.5, 0.6) is 0 Å². The number of allylic oxidation sites excluding steroid dienone is 12. The molecule has 0 aromatic rings. The minimum absolute atomic E-state index is 0.0312. The number of nitrogens with zero attached hydrogens (tertiary/aromatic N) is 1. The van der Waals surface area contributed by atoms with Crippen LogP contribution in [0.15, 0.2) is 72.9 Å². The molecular weight excluding hydrogens is 751 g/mol. The molecule has 2 unspecified atom stereocenters. The van der Waals surface area contributed by atoms with Crippen molar-refractivity contribution in [3.05, 3.63) is 72.9 Å². The second-order valence-corrected chi connectivity index (χ2v) is 16.9. The molecule has 0 rings (SSSR count). The van der Waals surface area contributed by atoms with Gasteiger partial charge in [-0.1, -0.05) is 164 Å². The van der Waals surface area contributed by atoms with Crippen LogP contribution >= 0.6 is 0 Å². The first kappa shape index (κ1) is 56.8. The highest BCUT2D eigenvalue weighted by atomic mass is 16.6. The Bertz CT molecular complexity index is 1210. The first-order valence-electron chi connectivity index (χ1n) is 24.0. The Morgan fingerprint density at radius 2 is 0.883 bits per heavy atom. The van der Waals surface area contributed by atoms with Crippen molar-refractivity contribution >= 4 is 17.9 Å². The third-order valence-electron chi connectivity index (χ3n) is 10.3. The lowest BCUT2D eigenvalue weighted by Crippen LogP contribution is -2.55. The Morgan fingerprint density at radius 3 is 1.30 bits per heavy atom. The third kappa shape index (κ3) is 40.2. The van der Waals surface area contributed by atoms with E-state index in [4.69, 9.17) is 14.2 Å². The van der Waals surface area contributed by atoms with E-state index >= 15 is 0 Å². The van der Waals surface area contributed by atoms with Crippen LogP contribution in [0.25, 0.3) is 0 Å². The van der Waals surface area contributed by atoms with Crippen molar-refractivity contribution in [2.75, 3.05) is 41.0 Å². The van der Waals surface area contributed by atoms with Gasteiger partial charge in [0.2, 0.25) is 0 Å². The molecule has 8 heteroatoms. The van der Waals surface area contributed by atoms with Gasteiger partial charge in [-0.3, -0.25) is 9.59 Å². The first-order valence-corrected chi connectivity index (χ1v) is 24.0. The van der Waals surface area contributed by atoms with Gasteiger partial charge in [0.1, 0.15) is 12.6 Å². The number of hydrogen-bond donors (Lipinski definition) is 0. The molecule has 0 bridgehead atoms. The standard InChI is InChI=1S/C52H89NO7/c1-6-8-10-12-14-16-18-20-22-24-25-26-27-29-30-32-34-36-38-40-42-50(54)59-47-48(46-58-45-44-49(52(56)57)53(3,4)5)60-51(55)43-41-39-37-35-33-31-28-23-21-19-17-15-13-11-9-7-2/h8-11,14-17,20-23,48-49H,6-7,12-13,18-19,24-47H2,1-5H3/b10-8+,11-9+,16-14+,17-15+,22-20+,23-21+. The summed E-state index contributed by atoms with van der Waals surface area (Å²) in [7, 11) is 5.40. The molecule has 0 N–H and O–H groups in total. The molecule has 2 atom stereocenters. The molecule has 0 saturated carbocycles. The highest BCUT2D eigenvalue weighted by molar-refractivity contribution is 5.70. The zero-order chi connectivity index (χ0) is 44.2. The van der Waals surface area contributed by atoms with E-state index in [9.17, 15) is 19.5 Å². The van der Waals surface area contributed by atoms with Crippen molar-refractivity contribution < 1.29 is 38.2 Å². The van der Waals surface area contributed by atoms with Crippen molar-refractivity contribution in [1.82, 2.24) is 0 Å². The number of likely N-dealkylation sites (N-methyl/N-ethyl adjacent to an activating group) is 1. The lowest BCUT2D eigenvalue weighted by molar-refractivity contribution is -0.889. The maximum Gasteiger partial charge on any atom is 0.306 e. The fraction of sp³-hybridized carbons (Fsp3) is 0.712. The minimum Gasteiger partial charge on any atom is -0.544 e. The van der Waals surface area contributed by atoms with E-state index in [0.717, 1.165) is 89.9 Å². The van der Waals surface area contributed by atoms with E-state index in [1.54, 1.807) is 21.1 Å². The van der Waals surface area contributed by atoms with Gasteiger partial charge in [0.15, 0.2) is 6.10 Å². The Labute approximate surface area is 368 Å². The number of ether oxygens (including phenoxy) is 3. The Kier molecular flexibility index (Phi) is 40.2. The van der Waals surface area contributed by atoms with Crippen molar-refractivity contribution in [2.24, 2.45) is 0 Å². The molecule has 0 aliphatic heterocycles. The van der Waals surface area contributed by atoms with Gasteiger partial charge in [-0.25, -0.2) is 0 Å². The fourth-order valence-electron chi connectivity index (χ4n) is 6.69. The minimum atomic E-state index is -1.13. The summed E-state index contributed by atoms with van der Waals surface area (Å²) >= 11 is 0. The van der Waals surface area contributed by atoms with E-state index < -0.39 is 18.1 Å². The molecule has 60 heavy (non-hydrogen) atoms. The van der Waals surface area contributed by atoms with Gasteiger partial charge >= 0.3 is 11.9 Å². The van der Waals surface area contributed by atoms with Crippen molar-refractivity contribution in [1.29, 1.82) is 0 Å². The molecule has 0 amide bonds. The molecule has 0 aliphatic rings. The predicted octanol–water partition coefficient (Wildman–Crippen LogP) is 12.2. The Balaban J connectivity index is 4.30. The zero-order valence-corrected chi connectivity index (χ0v) is 39.1. The third-order valence-corrected chi connectivity index (χ3v) is 10.3. The molecule has 0 aliphatic carbocycles. The monoisotopic (exact) mass is 840 g/mol. The van der Waals surface area contributed by atoms with Gasteiger partial charge in [0.25, 0.3) is 0 Å². The quantitative estimate of drug-likeness (QED) is 0.0261. The molecule has 344 valence electrons. The van der Waals surface area contributed by atoms with E-state index in [2.05, 4.69) is 86.8 Å². The van der Waals surface area contributed by atoms with Crippen LogP contribution in [0.1, 0.15) is 187 Å². The van der Waals surface area contributed by atoms with Crippen LogP contribution in [0.2, 0.25) is 0 Å². The van der Waals surface area contributed by atoms with Gasteiger partial charge in [-0.05, 0) is 77.0 Å². The second-order valence-electron chi connectivity index (χ2n) is 16.9. The lowest BCUT2D eigenvalue weighted by Gasteiger charge is -2.34. The molecular formula is C52H89NO7. The van der Waals surface area contributed by atoms with Crippen molar-refractivity contribution in [3.8, 4) is 0 Å². The van der Waals surface area contributed by atoms with Crippen LogP contribution in [-0.4, -0.2) is 75.5 Å². The summed E-state index contributed by atoms with van der Waals surface area (Å²) in [6, 6.07) is -0.732. The maximum atomic E-state index is 12.7. The SMILES string of the molecule is CC/C=C/C/C=C/C/C=C/CCCCCCCCCCCCC(=O)OCC(COCCC(C(=O)[O-])[N+](C)(C)C)OC(=O)CCCCCCCC/C=C/C/C=C/C/C=C/CC. The summed E-state index contributed by atoms with van der Waals surface area (Å²) in [5, 5.41) is 11.6. The predicted molar refractivity (Wildman–Crippen MR) is 249 cm³/mol. The van der Waals surface area contributed by atoms with Gasteiger partial charge < -0.3 is 28.6 Å². The molecule has 8 nitrogen and oxygen atoms in total. The average molecular weight is 840 g/mol. The number of quaternary nitrogens is 1. The highest BCUT2D eigenvalue weighted by Gasteiger charge is 2.25. The van der Waals surface area contributed by atoms with Crippen LogP contribution in [0.3, 0.4) is 0 Å². The van der Waals surface area contributed by atoms with Crippen LogP contribution in [-0.2, 0) is 28.6 Å². The number of carboxylic acids is 1. The number of carboxylic acid groups (broad SMARTS) is 1. The van der Waals surface area contributed by atoms with Gasteiger partial charge in [0, 0.05) is 19.3 Å². The van der Waals surface area contributed by atoms with Crippen LogP contribution < -0.4 is 5.11 Å². The topological polar surface area (TPSA) is 102 Å². The number of rotatable bonds is 42. The van der Waals surface area contributed by atoms with Gasteiger partial charge in [-0.15, -0.1) is 0 Å². The van der Waals surface area contributed by atoms with Crippen LogP contribution in [0, 0.1) is 0 Å². The molecule has 0 heterocycles. The van der Waals surface area contributed by atoms with E-state index in [1.807, 2.05) is 0 Å². The normalized spacial score (nSPS) is 13.6. The largest absolute Gasteiger partial charge is 0.544 e. The summed E-state index contributed by atoms with van der Waals surface area (Å²) in [6.45, 7) is 4.42. The summed E-state index contributed by atoms with van der Waals surface area (Å²) < 4.78 is 17.2. The molecule has 0 aromatic carbocycles. The summed E-state index contributed by atoms with van der Waals surface area (Å²) in [5.41, 5.74) is 0. The maximum absolute atomic E-state index is 12.7.